The van der Waals surface area contributed by atoms with E-state index in [1.165, 1.54) is 12.3 Å². The number of rotatable bonds is 4. The Bertz CT molecular complexity index is 719. The van der Waals surface area contributed by atoms with Crippen LogP contribution < -0.4 is 5.32 Å². The fourth-order valence-electron chi connectivity index (χ4n) is 2.40. The van der Waals surface area contributed by atoms with E-state index in [-0.39, 0.29) is 34.8 Å². The van der Waals surface area contributed by atoms with E-state index in [4.69, 9.17) is 0 Å². The number of alkyl halides is 2. The lowest BCUT2D eigenvalue weighted by Crippen LogP contribution is -2.25. The van der Waals surface area contributed by atoms with Gasteiger partial charge < -0.3 is 5.32 Å². The smallest absolute Gasteiger partial charge is 0.280 e. The van der Waals surface area contributed by atoms with Crippen LogP contribution in [0.25, 0.3) is 5.65 Å². The molecule has 0 spiro atoms. The average Bonchev–Trinajstić information content (AvgIpc) is 3.36. The molecule has 0 saturated heterocycles. The van der Waals surface area contributed by atoms with E-state index in [0.29, 0.717) is 5.69 Å². The zero-order chi connectivity index (χ0) is 14.6. The first-order valence-corrected chi connectivity index (χ1v) is 7.11. The van der Waals surface area contributed by atoms with Crippen molar-refractivity contribution in [1.29, 1.82) is 0 Å². The third kappa shape index (κ3) is 2.26. The van der Waals surface area contributed by atoms with Crippen molar-refractivity contribution in [2.75, 3.05) is 0 Å². The molecular formula is C14H14F2N4O. The third-order valence-corrected chi connectivity index (χ3v) is 3.90. The molecule has 2 heterocycles. The van der Waals surface area contributed by atoms with Gasteiger partial charge in [0.15, 0.2) is 5.65 Å². The number of carbonyl (C=O) groups excluding carboxylic acids is 1. The minimum absolute atomic E-state index is 0.202. The summed E-state index contributed by atoms with van der Waals surface area (Å²) in [6.07, 6.45) is 2.53. The van der Waals surface area contributed by atoms with Crippen molar-refractivity contribution in [2.24, 2.45) is 0 Å². The lowest BCUT2D eigenvalue weighted by atomic mass is 10.2. The van der Waals surface area contributed by atoms with E-state index in [9.17, 15) is 13.6 Å². The molecule has 2 aromatic rings. The van der Waals surface area contributed by atoms with Gasteiger partial charge in [-0.05, 0) is 31.7 Å². The van der Waals surface area contributed by atoms with Gasteiger partial charge >= 0.3 is 0 Å². The number of hydrogen-bond donors (Lipinski definition) is 1. The van der Waals surface area contributed by atoms with Crippen LogP contribution in [0, 0.1) is 0 Å². The van der Waals surface area contributed by atoms with Crippen LogP contribution in [-0.2, 0) is 0 Å². The first-order chi connectivity index (χ1) is 10.1. The predicted molar refractivity (Wildman–Crippen MR) is 70.4 cm³/mol. The highest BCUT2D eigenvalue weighted by Gasteiger charge is 2.30. The second-order valence-electron chi connectivity index (χ2n) is 5.72. The van der Waals surface area contributed by atoms with Gasteiger partial charge in [0.1, 0.15) is 11.3 Å². The summed E-state index contributed by atoms with van der Waals surface area (Å²) in [4.78, 5) is 16.6. The van der Waals surface area contributed by atoms with Crippen LogP contribution in [0.3, 0.4) is 0 Å². The van der Waals surface area contributed by atoms with Crippen molar-refractivity contribution in [3.8, 4) is 0 Å². The first kappa shape index (κ1) is 12.7. The molecule has 0 unspecified atom stereocenters. The average molecular weight is 292 g/mol. The second kappa shape index (κ2) is 4.47. The Morgan fingerprint density at radius 1 is 1.33 bits per heavy atom. The number of halogens is 2. The zero-order valence-corrected chi connectivity index (χ0v) is 11.2. The number of hydrogen-bond acceptors (Lipinski definition) is 3. The van der Waals surface area contributed by atoms with Gasteiger partial charge in [0.25, 0.3) is 12.3 Å². The molecule has 2 fully saturated rings. The van der Waals surface area contributed by atoms with Gasteiger partial charge in [-0.25, -0.2) is 18.3 Å². The molecule has 1 amide bonds. The number of nitrogens with one attached hydrogen (secondary N) is 1. The Balaban J connectivity index is 1.82. The third-order valence-electron chi connectivity index (χ3n) is 3.90. The first-order valence-electron chi connectivity index (χ1n) is 7.11. The van der Waals surface area contributed by atoms with E-state index >= 15 is 0 Å². The van der Waals surface area contributed by atoms with Crippen LogP contribution in [0.4, 0.5) is 8.78 Å². The summed E-state index contributed by atoms with van der Waals surface area (Å²) in [6.45, 7) is 0. The molecule has 110 valence electrons. The molecule has 0 atom stereocenters. The summed E-state index contributed by atoms with van der Waals surface area (Å²) in [5, 5.41) is 6.76. The molecule has 2 saturated carbocycles. The standard InChI is InChI=1S/C14H14F2N4O/c15-12(16)11-5-10(7-1-2-7)19-13-9(6-17-20(11)13)14(21)18-8-3-4-8/h5-8,12H,1-4H2,(H,18,21). The predicted octanol–water partition coefficient (Wildman–Crippen LogP) is 2.44. The van der Waals surface area contributed by atoms with Crippen molar-refractivity contribution >= 4 is 11.6 Å². The summed E-state index contributed by atoms with van der Waals surface area (Å²) >= 11 is 0. The number of aromatic nitrogens is 3. The van der Waals surface area contributed by atoms with Gasteiger partial charge in [0.05, 0.1) is 6.20 Å². The van der Waals surface area contributed by atoms with Crippen molar-refractivity contribution in [1.82, 2.24) is 19.9 Å². The quantitative estimate of drug-likeness (QED) is 0.941. The van der Waals surface area contributed by atoms with E-state index in [2.05, 4.69) is 15.4 Å². The zero-order valence-electron chi connectivity index (χ0n) is 11.2. The maximum atomic E-state index is 13.2. The van der Waals surface area contributed by atoms with Crippen LogP contribution in [0.5, 0.6) is 0 Å². The SMILES string of the molecule is O=C(NC1CC1)c1cnn2c(C(F)F)cc(C3CC3)nc12. The second-order valence-corrected chi connectivity index (χ2v) is 5.72. The van der Waals surface area contributed by atoms with Gasteiger partial charge in [0.2, 0.25) is 0 Å². The van der Waals surface area contributed by atoms with E-state index in [1.54, 1.807) is 0 Å². The Kier molecular flexibility index (Phi) is 2.70. The monoisotopic (exact) mass is 292 g/mol. The molecule has 4 rings (SSSR count). The summed E-state index contributed by atoms with van der Waals surface area (Å²) < 4.78 is 27.5. The molecule has 2 aromatic heterocycles. The maximum absolute atomic E-state index is 13.2. The van der Waals surface area contributed by atoms with Crippen molar-refractivity contribution in [3.63, 3.8) is 0 Å². The molecular weight excluding hydrogens is 278 g/mol. The van der Waals surface area contributed by atoms with Gasteiger partial charge in [-0.3, -0.25) is 4.79 Å². The topological polar surface area (TPSA) is 59.3 Å². The molecule has 0 bridgehead atoms. The van der Waals surface area contributed by atoms with Crippen LogP contribution in [0.15, 0.2) is 12.3 Å². The van der Waals surface area contributed by atoms with E-state index < -0.39 is 6.43 Å². The largest absolute Gasteiger partial charge is 0.349 e. The lowest BCUT2D eigenvalue weighted by molar-refractivity contribution is 0.0952. The van der Waals surface area contributed by atoms with Gasteiger partial charge in [-0.15, -0.1) is 0 Å². The van der Waals surface area contributed by atoms with Crippen LogP contribution in [0.1, 0.15) is 59.8 Å². The molecule has 2 aliphatic rings. The Labute approximate surface area is 119 Å². The summed E-state index contributed by atoms with van der Waals surface area (Å²) in [6, 6.07) is 1.61. The van der Waals surface area contributed by atoms with Crippen LogP contribution >= 0.6 is 0 Å². The Morgan fingerprint density at radius 2 is 2.10 bits per heavy atom. The molecule has 5 nitrogen and oxygen atoms in total. The van der Waals surface area contributed by atoms with Crippen LogP contribution in [-0.4, -0.2) is 26.5 Å². The van der Waals surface area contributed by atoms with Crippen molar-refractivity contribution in [2.45, 2.75) is 44.1 Å². The minimum atomic E-state index is -2.65. The van der Waals surface area contributed by atoms with Crippen molar-refractivity contribution in [3.05, 3.63) is 29.2 Å². The van der Waals surface area contributed by atoms with Crippen LogP contribution in [0.2, 0.25) is 0 Å². The normalized spacial score (nSPS) is 18.4. The summed E-state index contributed by atoms with van der Waals surface area (Å²) in [5.41, 5.74) is 0.935. The Morgan fingerprint density at radius 3 is 2.71 bits per heavy atom. The minimum Gasteiger partial charge on any atom is -0.349 e. The highest BCUT2D eigenvalue weighted by molar-refractivity contribution is 6.00. The highest BCUT2D eigenvalue weighted by Crippen LogP contribution is 2.40. The van der Waals surface area contributed by atoms with Gasteiger partial charge in [0, 0.05) is 17.7 Å². The van der Waals surface area contributed by atoms with Gasteiger partial charge in [-0.2, -0.15) is 5.10 Å². The summed E-state index contributed by atoms with van der Waals surface area (Å²) in [5.74, 6) is -0.0464. The Hall–Kier alpha value is -2.05. The molecule has 1 N–H and O–H groups in total. The highest BCUT2D eigenvalue weighted by atomic mass is 19.3. The number of carbonyl (C=O) groups is 1. The molecule has 2 aliphatic carbocycles. The molecule has 0 radical (unpaired) electrons. The van der Waals surface area contributed by atoms with Gasteiger partial charge in [-0.1, -0.05) is 0 Å². The number of amides is 1. The van der Waals surface area contributed by atoms with Crippen molar-refractivity contribution < 1.29 is 13.6 Å². The summed E-state index contributed by atoms with van der Waals surface area (Å²) in [7, 11) is 0. The van der Waals surface area contributed by atoms with E-state index in [0.717, 1.165) is 30.2 Å². The molecule has 7 heteroatoms. The molecule has 21 heavy (non-hydrogen) atoms. The molecule has 0 aromatic carbocycles. The maximum Gasteiger partial charge on any atom is 0.280 e. The number of fused-ring (bicyclic) bond motifs is 1. The lowest BCUT2D eigenvalue weighted by Gasteiger charge is -2.07. The fourth-order valence-corrected chi connectivity index (χ4v) is 2.40. The van der Waals surface area contributed by atoms with E-state index in [1.807, 2.05) is 0 Å². The molecule has 0 aliphatic heterocycles. The number of nitrogens with zero attached hydrogens (tertiary/aromatic N) is 3. The fraction of sp³-hybridized carbons (Fsp3) is 0.500.